The molecule has 0 radical (unpaired) electrons. The van der Waals surface area contributed by atoms with E-state index in [9.17, 15) is 9.90 Å². The number of hydrogen-bond acceptors (Lipinski definition) is 6. The number of carboxylic acids is 1. The summed E-state index contributed by atoms with van der Waals surface area (Å²) in [6.07, 6.45) is 8.10. The fraction of sp³-hybridized carbons (Fsp3) is 0.464. The molecule has 1 aromatic carbocycles. The number of fused-ring (bicyclic) bond motifs is 2. The predicted molar refractivity (Wildman–Crippen MR) is 132 cm³/mol. The van der Waals surface area contributed by atoms with Gasteiger partial charge in [0.1, 0.15) is 17.3 Å². The molecule has 0 amide bonds. The van der Waals surface area contributed by atoms with Crippen LogP contribution >= 0.6 is 0 Å². The molecule has 3 aromatic rings. The van der Waals surface area contributed by atoms with Gasteiger partial charge in [0.05, 0.1) is 18.3 Å². The molecule has 7 nitrogen and oxygen atoms in total. The lowest BCUT2D eigenvalue weighted by Crippen LogP contribution is -2.46. The number of rotatable bonds is 7. The van der Waals surface area contributed by atoms with Crippen molar-refractivity contribution in [1.82, 2.24) is 10.1 Å². The Morgan fingerprint density at radius 2 is 1.86 bits per heavy atom. The average molecular weight is 474 g/mol. The molecule has 2 saturated heterocycles. The zero-order valence-electron chi connectivity index (χ0n) is 20.2. The molecule has 2 unspecified atom stereocenters. The molecule has 0 spiro atoms. The predicted octanol–water partition coefficient (Wildman–Crippen LogP) is 5.65. The highest BCUT2D eigenvalue weighted by molar-refractivity contribution is 5.89. The van der Waals surface area contributed by atoms with E-state index < -0.39 is 5.97 Å². The van der Waals surface area contributed by atoms with E-state index in [2.05, 4.69) is 34.1 Å². The van der Waals surface area contributed by atoms with E-state index in [0.29, 0.717) is 24.6 Å². The lowest BCUT2D eigenvalue weighted by molar-refractivity contribution is 0.0146. The van der Waals surface area contributed by atoms with Crippen LogP contribution in [-0.2, 0) is 11.3 Å². The molecule has 6 rings (SSSR count). The van der Waals surface area contributed by atoms with Crippen LogP contribution in [0.4, 0.5) is 5.82 Å². The van der Waals surface area contributed by atoms with Crippen LogP contribution in [0.15, 0.2) is 41.1 Å². The summed E-state index contributed by atoms with van der Waals surface area (Å²) in [6.45, 7) is 4.47. The van der Waals surface area contributed by atoms with Gasteiger partial charge < -0.3 is 19.3 Å². The minimum absolute atomic E-state index is 0.176. The molecular weight excluding hydrogens is 442 g/mol. The van der Waals surface area contributed by atoms with E-state index in [1.165, 1.54) is 11.8 Å². The van der Waals surface area contributed by atoms with Gasteiger partial charge in [-0.25, -0.2) is 9.78 Å². The summed E-state index contributed by atoms with van der Waals surface area (Å²) < 4.78 is 12.4. The summed E-state index contributed by atoms with van der Waals surface area (Å²) in [5.74, 6) is 1.43. The molecule has 182 valence electrons. The Morgan fingerprint density at radius 3 is 2.51 bits per heavy atom. The molecule has 4 heterocycles. The molecule has 35 heavy (non-hydrogen) atoms. The highest BCUT2D eigenvalue weighted by atomic mass is 16.5. The number of anilines is 1. The zero-order valence-corrected chi connectivity index (χ0v) is 20.2. The van der Waals surface area contributed by atoms with Gasteiger partial charge in [0.15, 0.2) is 0 Å². The largest absolute Gasteiger partial charge is 0.478 e. The maximum atomic E-state index is 11.4. The molecule has 1 saturated carbocycles. The number of ether oxygens (including phenoxy) is 1. The van der Waals surface area contributed by atoms with E-state index in [-0.39, 0.29) is 11.7 Å². The van der Waals surface area contributed by atoms with Gasteiger partial charge in [-0.3, -0.25) is 0 Å². The lowest BCUT2D eigenvalue weighted by Gasteiger charge is -2.39. The smallest absolute Gasteiger partial charge is 0.337 e. The van der Waals surface area contributed by atoms with Gasteiger partial charge >= 0.3 is 5.97 Å². The fourth-order valence-electron chi connectivity index (χ4n) is 5.92. The third-order valence-electron chi connectivity index (χ3n) is 7.91. The van der Waals surface area contributed by atoms with Crippen molar-refractivity contribution in [3.63, 3.8) is 0 Å². The molecular formula is C28H31N3O4. The Balaban J connectivity index is 1.18. The van der Waals surface area contributed by atoms with Crippen LogP contribution in [0.25, 0.3) is 11.3 Å². The highest BCUT2D eigenvalue weighted by Crippen LogP contribution is 2.45. The fourth-order valence-corrected chi connectivity index (χ4v) is 5.92. The maximum Gasteiger partial charge on any atom is 0.337 e. The number of aromatic carboxylic acids is 1. The van der Waals surface area contributed by atoms with E-state index in [1.54, 1.807) is 0 Å². The number of aryl methyl sites for hydroxylation is 2. The number of hydrogen-bond donors (Lipinski definition) is 1. The van der Waals surface area contributed by atoms with Crippen molar-refractivity contribution in [1.29, 1.82) is 0 Å². The quantitative estimate of drug-likeness (QED) is 0.475. The van der Waals surface area contributed by atoms with Crippen LogP contribution in [0.1, 0.15) is 77.3 Å². The van der Waals surface area contributed by atoms with Gasteiger partial charge in [-0.2, -0.15) is 0 Å². The first kappa shape index (κ1) is 22.3. The number of carbonyl (C=O) groups is 1. The van der Waals surface area contributed by atoms with Gasteiger partial charge in [-0.15, -0.1) is 0 Å². The van der Waals surface area contributed by atoms with Crippen molar-refractivity contribution in [2.24, 2.45) is 0 Å². The van der Waals surface area contributed by atoms with E-state index in [1.807, 2.05) is 25.1 Å². The number of piperidine rings is 1. The Bertz CT molecular complexity index is 1250. The molecule has 1 aliphatic carbocycles. The zero-order chi connectivity index (χ0) is 24.1. The molecule has 3 fully saturated rings. The van der Waals surface area contributed by atoms with Crippen LogP contribution in [0.5, 0.6) is 0 Å². The molecule has 1 N–H and O–H groups in total. The molecule has 3 atom stereocenters. The molecule has 2 aliphatic heterocycles. The van der Waals surface area contributed by atoms with Crippen molar-refractivity contribution < 1.29 is 19.2 Å². The van der Waals surface area contributed by atoms with Crippen LogP contribution in [0.3, 0.4) is 0 Å². The minimum Gasteiger partial charge on any atom is -0.478 e. The number of nitrogens with zero attached hydrogens (tertiary/aromatic N) is 3. The van der Waals surface area contributed by atoms with Crippen molar-refractivity contribution in [3.8, 4) is 11.3 Å². The van der Waals surface area contributed by atoms with Crippen LogP contribution in [0, 0.1) is 13.8 Å². The first-order chi connectivity index (χ1) is 17.0. The van der Waals surface area contributed by atoms with E-state index in [4.69, 9.17) is 9.26 Å². The topological polar surface area (TPSA) is 88.7 Å². The summed E-state index contributed by atoms with van der Waals surface area (Å²) in [6, 6.07) is 11.0. The van der Waals surface area contributed by atoms with Crippen molar-refractivity contribution in [2.75, 3.05) is 4.90 Å². The summed E-state index contributed by atoms with van der Waals surface area (Å²) in [5, 5.41) is 13.8. The molecule has 7 heteroatoms. The number of aromatic nitrogens is 2. The first-order valence-electron chi connectivity index (χ1n) is 12.6. The van der Waals surface area contributed by atoms with E-state index in [0.717, 1.165) is 72.5 Å². The standard InChI is InChI=1S/C28H31N3O4/c1-16-5-3-4-6-22(16)26-24(27(35-30-26)18-7-8-18)15-34-21-12-19-9-10-20(13-21)31(19)25-11-17(2)23(14-29-25)28(32)33/h3-6,11,14,18-21H,7-10,12-13,15H2,1-2H3,(H,32,33)/t19-,20?,21?/m0/s1. The Hall–Kier alpha value is -3.19. The average Bonchev–Trinajstić information content (AvgIpc) is 3.54. The van der Waals surface area contributed by atoms with Crippen molar-refractivity contribution in [3.05, 3.63) is 64.5 Å². The number of pyridine rings is 1. The van der Waals surface area contributed by atoms with Gasteiger partial charge in [0, 0.05) is 35.3 Å². The van der Waals surface area contributed by atoms with Crippen molar-refractivity contribution in [2.45, 2.75) is 83.1 Å². The number of carboxylic acid groups (broad SMARTS) is 1. The monoisotopic (exact) mass is 473 g/mol. The second kappa shape index (κ2) is 8.79. The summed E-state index contributed by atoms with van der Waals surface area (Å²) in [4.78, 5) is 18.3. The van der Waals surface area contributed by atoms with E-state index >= 15 is 0 Å². The Kier molecular flexibility index (Phi) is 5.60. The highest BCUT2D eigenvalue weighted by Gasteiger charge is 2.42. The Morgan fingerprint density at radius 1 is 1.11 bits per heavy atom. The normalized spacial score (nSPS) is 23.6. The second-order valence-electron chi connectivity index (χ2n) is 10.3. The molecule has 3 aliphatic rings. The summed E-state index contributed by atoms with van der Waals surface area (Å²) in [5.41, 5.74) is 5.35. The summed E-state index contributed by atoms with van der Waals surface area (Å²) >= 11 is 0. The van der Waals surface area contributed by atoms with Gasteiger partial charge in [0.25, 0.3) is 0 Å². The Labute approximate surface area is 205 Å². The third kappa shape index (κ3) is 4.12. The third-order valence-corrected chi connectivity index (χ3v) is 7.91. The second-order valence-corrected chi connectivity index (χ2v) is 10.3. The number of benzene rings is 1. The molecule has 2 aromatic heterocycles. The van der Waals surface area contributed by atoms with Gasteiger partial charge in [-0.05, 0) is 69.6 Å². The van der Waals surface area contributed by atoms with Crippen molar-refractivity contribution >= 4 is 11.8 Å². The van der Waals surface area contributed by atoms with Crippen LogP contribution in [-0.4, -0.2) is 39.4 Å². The lowest BCUT2D eigenvalue weighted by atomic mass is 9.98. The summed E-state index contributed by atoms with van der Waals surface area (Å²) in [7, 11) is 0. The molecule has 2 bridgehead atoms. The van der Waals surface area contributed by atoms with Crippen LogP contribution in [0.2, 0.25) is 0 Å². The van der Waals surface area contributed by atoms with Gasteiger partial charge in [-0.1, -0.05) is 29.4 Å². The SMILES string of the molecule is Cc1cc(N2C3CC[C@H]2CC(OCc2c(-c4ccccc4C)noc2C2CC2)C3)ncc1C(=O)O. The minimum atomic E-state index is -0.930. The van der Waals surface area contributed by atoms with Gasteiger partial charge in [0.2, 0.25) is 0 Å². The van der Waals surface area contributed by atoms with Crippen LogP contribution < -0.4 is 4.90 Å². The first-order valence-corrected chi connectivity index (χ1v) is 12.6. The maximum absolute atomic E-state index is 11.4.